The molecule has 93 valence electrons. The summed E-state index contributed by atoms with van der Waals surface area (Å²) in [4.78, 5) is 0. The molecule has 0 aromatic heterocycles. The maximum absolute atomic E-state index is 8.19. The van der Waals surface area contributed by atoms with Crippen molar-refractivity contribution in [3.63, 3.8) is 0 Å². The van der Waals surface area contributed by atoms with Crippen molar-refractivity contribution >= 4 is 24.0 Å². The summed E-state index contributed by atoms with van der Waals surface area (Å²) in [5, 5.41) is 4.34. The number of benzene rings is 1. The molecule has 0 amide bonds. The Morgan fingerprint density at radius 3 is 2.06 bits per heavy atom. The van der Waals surface area contributed by atoms with Crippen molar-refractivity contribution < 1.29 is 45.9 Å². The molecule has 0 aliphatic rings. The zero-order chi connectivity index (χ0) is 11.5. The van der Waals surface area contributed by atoms with Gasteiger partial charge in [0.2, 0.25) is 0 Å². The fraction of sp³-hybridized carbons (Fsp3) is 0.250. The Morgan fingerprint density at radius 2 is 1.59 bits per heavy atom. The van der Waals surface area contributed by atoms with Gasteiger partial charge in [-0.1, -0.05) is 25.7 Å². The molecule has 0 aliphatic carbocycles. The second-order valence-electron chi connectivity index (χ2n) is 4.62. The SMILES string of the molecule is C[Si](C)(C)c1cc2ccccc2[cH-]1.[Cl-].[Cl-].[O]=[V+2]. The third kappa shape index (κ3) is 5.02. The van der Waals surface area contributed by atoms with E-state index < -0.39 is 8.07 Å². The summed E-state index contributed by atoms with van der Waals surface area (Å²) in [6.07, 6.45) is 0. The van der Waals surface area contributed by atoms with E-state index >= 15 is 0 Å². The number of halogens is 2. The number of hydrogen-bond donors (Lipinski definition) is 0. The van der Waals surface area contributed by atoms with Crippen molar-refractivity contribution in [2.24, 2.45) is 0 Å². The van der Waals surface area contributed by atoms with E-state index in [4.69, 9.17) is 3.67 Å². The first-order chi connectivity index (χ1) is 7.07. The van der Waals surface area contributed by atoms with E-state index in [1.54, 1.807) is 5.19 Å². The minimum atomic E-state index is -1.12. The van der Waals surface area contributed by atoms with Crippen molar-refractivity contribution in [3.05, 3.63) is 36.4 Å². The van der Waals surface area contributed by atoms with Gasteiger partial charge in [-0.2, -0.15) is 11.5 Å². The second kappa shape index (κ2) is 8.17. The van der Waals surface area contributed by atoms with Crippen LogP contribution >= 0.6 is 0 Å². The molecule has 0 saturated carbocycles. The Kier molecular flexibility index (Phi) is 9.30. The second-order valence-corrected chi connectivity index (χ2v) is 9.70. The molecule has 0 aliphatic heterocycles. The van der Waals surface area contributed by atoms with Gasteiger partial charge in [0.15, 0.2) is 0 Å². The Labute approximate surface area is 125 Å². The first-order valence-corrected chi connectivity index (χ1v) is 8.98. The molecule has 0 N–H and O–H groups in total. The molecule has 0 radical (unpaired) electrons. The van der Waals surface area contributed by atoms with Gasteiger partial charge in [0.25, 0.3) is 0 Å². The summed E-state index contributed by atoms with van der Waals surface area (Å²) in [6, 6.07) is 13.3. The van der Waals surface area contributed by atoms with Crippen molar-refractivity contribution in [2.75, 3.05) is 0 Å². The van der Waals surface area contributed by atoms with Crippen LogP contribution in [0.5, 0.6) is 0 Å². The Bertz CT molecular complexity index is 418. The minimum absolute atomic E-state index is 0. The summed E-state index contributed by atoms with van der Waals surface area (Å²) in [5.41, 5.74) is 0. The van der Waals surface area contributed by atoms with Gasteiger partial charge in [0.05, 0.1) is 8.07 Å². The topological polar surface area (TPSA) is 17.1 Å². The Balaban J connectivity index is 0. The number of rotatable bonds is 1. The van der Waals surface area contributed by atoms with Crippen LogP contribution in [0, 0.1) is 0 Å². The molecule has 1 nitrogen and oxygen atoms in total. The summed E-state index contributed by atoms with van der Waals surface area (Å²) in [7, 11) is -1.12. The van der Waals surface area contributed by atoms with E-state index in [0.29, 0.717) is 0 Å². The van der Waals surface area contributed by atoms with Crippen molar-refractivity contribution in [1.82, 2.24) is 0 Å². The molecule has 2 aromatic carbocycles. The average Bonchev–Trinajstić information content (AvgIpc) is 2.63. The van der Waals surface area contributed by atoms with Crippen LogP contribution in [0.2, 0.25) is 19.6 Å². The fourth-order valence-electron chi connectivity index (χ4n) is 1.58. The van der Waals surface area contributed by atoms with Gasteiger partial charge >= 0.3 is 21.0 Å². The van der Waals surface area contributed by atoms with Gasteiger partial charge in [-0.3, -0.25) is 0 Å². The molecule has 0 unspecified atom stereocenters. The van der Waals surface area contributed by atoms with E-state index in [1.807, 2.05) is 0 Å². The molecule has 0 fully saturated rings. The Morgan fingerprint density at radius 1 is 1.06 bits per heavy atom. The molecule has 17 heavy (non-hydrogen) atoms. The molecular weight excluding hydrogens is 310 g/mol. The van der Waals surface area contributed by atoms with Crippen LogP contribution in [0.1, 0.15) is 0 Å². The summed E-state index contributed by atoms with van der Waals surface area (Å²) >= 11 is 1.06. The van der Waals surface area contributed by atoms with Gasteiger partial charge in [0.1, 0.15) is 0 Å². The number of hydrogen-bond acceptors (Lipinski definition) is 1. The summed E-state index contributed by atoms with van der Waals surface area (Å²) in [5.74, 6) is 0. The molecule has 2 aromatic rings. The normalized spacial score (nSPS) is 9.71. The summed E-state index contributed by atoms with van der Waals surface area (Å²) in [6.45, 7) is 7.17. The maximum atomic E-state index is 8.19. The molecule has 0 bridgehead atoms. The molecular formula is C12H15Cl2OSiV-. The first-order valence-electron chi connectivity index (χ1n) is 4.91. The standard InChI is InChI=1S/C12H15Si.2ClH.O.V/c1-13(2,3)12-8-10-6-4-5-7-11(10)9-12;;;;/h4-9H,1-3H3;2*1H;;/q-1;;;;+2/p-2. The molecule has 5 heteroatoms. The van der Waals surface area contributed by atoms with Crippen LogP contribution in [-0.4, -0.2) is 8.07 Å². The van der Waals surface area contributed by atoms with Crippen molar-refractivity contribution in [3.8, 4) is 0 Å². The van der Waals surface area contributed by atoms with E-state index in [1.165, 1.54) is 10.8 Å². The van der Waals surface area contributed by atoms with Crippen molar-refractivity contribution in [2.45, 2.75) is 19.6 Å². The predicted octanol–water partition coefficient (Wildman–Crippen LogP) is -3.01. The third-order valence-electron chi connectivity index (χ3n) is 2.48. The fourth-order valence-corrected chi connectivity index (χ4v) is 2.76. The van der Waals surface area contributed by atoms with Gasteiger partial charge < -0.3 is 24.8 Å². The molecule has 0 atom stereocenters. The molecule has 2 rings (SSSR count). The van der Waals surface area contributed by atoms with Crippen LogP contribution in [0.25, 0.3) is 10.8 Å². The van der Waals surface area contributed by atoms with Gasteiger partial charge in [-0.05, 0) is 0 Å². The van der Waals surface area contributed by atoms with Crippen LogP contribution < -0.4 is 30.0 Å². The number of fused-ring (bicyclic) bond motifs is 1. The monoisotopic (exact) mass is 324 g/mol. The van der Waals surface area contributed by atoms with E-state index in [2.05, 4.69) is 56.0 Å². The van der Waals surface area contributed by atoms with E-state index in [0.717, 1.165) is 17.4 Å². The average molecular weight is 325 g/mol. The third-order valence-corrected chi connectivity index (χ3v) is 4.50. The van der Waals surface area contributed by atoms with Gasteiger partial charge in [-0.25, -0.2) is 0 Å². The van der Waals surface area contributed by atoms with Crippen LogP contribution in [-0.2, 0) is 21.0 Å². The quantitative estimate of drug-likeness (QED) is 0.403. The van der Waals surface area contributed by atoms with Crippen molar-refractivity contribution in [1.29, 1.82) is 0 Å². The van der Waals surface area contributed by atoms with Gasteiger partial charge in [0, 0.05) is 0 Å². The molecule has 0 spiro atoms. The zero-order valence-corrected chi connectivity index (χ0v) is 14.0. The molecule has 0 heterocycles. The van der Waals surface area contributed by atoms with Gasteiger partial charge in [-0.15, -0.1) is 34.8 Å². The molecule has 0 saturated heterocycles. The summed E-state index contributed by atoms with van der Waals surface area (Å²) < 4.78 is 8.19. The Hall–Kier alpha value is 0.0113. The zero-order valence-electron chi connectivity index (χ0n) is 10.1. The van der Waals surface area contributed by atoms with E-state index in [-0.39, 0.29) is 24.8 Å². The predicted molar refractivity (Wildman–Crippen MR) is 63.2 cm³/mol. The first kappa shape index (κ1) is 19.4. The van der Waals surface area contributed by atoms with E-state index in [9.17, 15) is 0 Å². The van der Waals surface area contributed by atoms with Crippen LogP contribution in [0.3, 0.4) is 0 Å². The van der Waals surface area contributed by atoms with Crippen LogP contribution in [0.4, 0.5) is 0 Å². The van der Waals surface area contributed by atoms with Crippen LogP contribution in [0.15, 0.2) is 36.4 Å².